The SMILES string of the molecule is Cc1ccccc1NC(=O)COC(=O)[C@H](C)N1C(=O)[C@@H]2C3c4ccccc4C(c4ccccc43)[C@@H]2C1=O. The third-order valence-corrected chi connectivity index (χ3v) is 7.98. The molecule has 0 saturated carbocycles. The molecule has 0 aromatic heterocycles. The lowest BCUT2D eigenvalue weighted by Gasteiger charge is -2.45. The van der Waals surface area contributed by atoms with Gasteiger partial charge in [0.1, 0.15) is 6.04 Å². The number of imide groups is 1. The van der Waals surface area contributed by atoms with Gasteiger partial charge < -0.3 is 10.1 Å². The molecule has 3 atom stereocenters. The Bertz CT molecular complexity index is 1350. The molecule has 186 valence electrons. The summed E-state index contributed by atoms with van der Waals surface area (Å²) < 4.78 is 5.24. The highest BCUT2D eigenvalue weighted by atomic mass is 16.5. The topological polar surface area (TPSA) is 92.8 Å². The molecule has 7 heteroatoms. The van der Waals surface area contributed by atoms with Crippen molar-refractivity contribution in [3.8, 4) is 0 Å². The Kier molecular flexibility index (Phi) is 5.44. The molecule has 3 aromatic rings. The first-order chi connectivity index (χ1) is 17.9. The summed E-state index contributed by atoms with van der Waals surface area (Å²) in [6, 6.07) is 22.1. The zero-order valence-corrected chi connectivity index (χ0v) is 20.5. The monoisotopic (exact) mass is 494 g/mol. The Morgan fingerprint density at radius 3 is 1.76 bits per heavy atom. The van der Waals surface area contributed by atoms with E-state index in [0.29, 0.717) is 5.69 Å². The van der Waals surface area contributed by atoms with Crippen LogP contribution in [0.5, 0.6) is 0 Å². The van der Waals surface area contributed by atoms with Crippen molar-refractivity contribution in [2.75, 3.05) is 11.9 Å². The number of nitrogens with zero attached hydrogens (tertiary/aromatic N) is 1. The van der Waals surface area contributed by atoms with Crippen LogP contribution in [0.4, 0.5) is 5.69 Å². The van der Waals surface area contributed by atoms with E-state index in [2.05, 4.69) is 5.32 Å². The van der Waals surface area contributed by atoms with Crippen LogP contribution >= 0.6 is 0 Å². The second kappa shape index (κ2) is 8.69. The van der Waals surface area contributed by atoms with E-state index in [-0.39, 0.29) is 23.7 Å². The molecule has 1 fully saturated rings. The summed E-state index contributed by atoms with van der Waals surface area (Å²) in [5.41, 5.74) is 5.78. The zero-order chi connectivity index (χ0) is 25.8. The number of rotatable bonds is 5. The van der Waals surface area contributed by atoms with Crippen LogP contribution in [0.3, 0.4) is 0 Å². The fourth-order valence-electron chi connectivity index (χ4n) is 6.34. The number of nitrogens with one attached hydrogen (secondary N) is 1. The molecule has 1 aliphatic heterocycles. The highest BCUT2D eigenvalue weighted by Gasteiger charge is 2.62. The van der Waals surface area contributed by atoms with Crippen LogP contribution in [0.15, 0.2) is 72.8 Å². The van der Waals surface area contributed by atoms with Gasteiger partial charge in [-0.1, -0.05) is 66.7 Å². The van der Waals surface area contributed by atoms with Gasteiger partial charge in [0, 0.05) is 17.5 Å². The molecular weight excluding hydrogens is 468 g/mol. The van der Waals surface area contributed by atoms with Gasteiger partial charge in [-0.15, -0.1) is 0 Å². The number of carbonyl (C=O) groups excluding carboxylic acids is 4. The maximum Gasteiger partial charge on any atom is 0.329 e. The lowest BCUT2D eigenvalue weighted by atomic mass is 9.55. The van der Waals surface area contributed by atoms with Gasteiger partial charge in [-0.3, -0.25) is 19.3 Å². The van der Waals surface area contributed by atoms with Gasteiger partial charge in [0.2, 0.25) is 11.8 Å². The standard InChI is InChI=1S/C30H26N2O5/c1-16-9-3-8-14-22(16)31-23(33)15-37-30(36)17(2)32-28(34)26-24-18-10-4-5-11-19(18)25(27(26)29(32)35)21-13-7-6-12-20(21)24/h3-14,17,24-27H,15H2,1-2H3,(H,31,33)/t17-,24?,25?,26-,27+/m0/s1. The molecule has 37 heavy (non-hydrogen) atoms. The van der Waals surface area contributed by atoms with Crippen LogP contribution in [0, 0.1) is 18.8 Å². The van der Waals surface area contributed by atoms with E-state index in [0.717, 1.165) is 32.7 Å². The van der Waals surface area contributed by atoms with Crippen LogP contribution in [0.25, 0.3) is 0 Å². The highest BCUT2D eigenvalue weighted by Crippen LogP contribution is 2.61. The van der Waals surface area contributed by atoms with Gasteiger partial charge in [0.25, 0.3) is 5.91 Å². The van der Waals surface area contributed by atoms with Crippen molar-refractivity contribution in [2.45, 2.75) is 31.7 Å². The summed E-state index contributed by atoms with van der Waals surface area (Å²) in [7, 11) is 0. The van der Waals surface area contributed by atoms with Crippen LogP contribution in [-0.4, -0.2) is 41.2 Å². The molecule has 0 radical (unpaired) electrons. The van der Waals surface area contributed by atoms with Crippen molar-refractivity contribution in [3.05, 3.63) is 101 Å². The van der Waals surface area contributed by atoms with Gasteiger partial charge in [-0.05, 0) is 47.7 Å². The van der Waals surface area contributed by atoms with Crippen molar-refractivity contribution >= 4 is 29.4 Å². The van der Waals surface area contributed by atoms with Crippen molar-refractivity contribution in [1.29, 1.82) is 0 Å². The molecule has 0 unspecified atom stereocenters. The lowest BCUT2D eigenvalue weighted by Crippen LogP contribution is -2.45. The lowest BCUT2D eigenvalue weighted by molar-refractivity contribution is -0.159. The van der Waals surface area contributed by atoms with Gasteiger partial charge in [0.15, 0.2) is 6.61 Å². The average Bonchev–Trinajstić information content (AvgIpc) is 3.18. The first-order valence-corrected chi connectivity index (χ1v) is 12.4. The molecule has 4 aliphatic rings. The summed E-state index contributed by atoms with van der Waals surface area (Å²) in [5.74, 6) is -3.62. The summed E-state index contributed by atoms with van der Waals surface area (Å²) in [6.07, 6.45) is 0. The molecule has 7 rings (SSSR count). The molecule has 3 aromatic carbocycles. The minimum atomic E-state index is -1.14. The van der Waals surface area contributed by atoms with Crippen LogP contribution in [0.2, 0.25) is 0 Å². The summed E-state index contributed by atoms with van der Waals surface area (Å²) >= 11 is 0. The third kappa shape index (κ3) is 3.49. The van der Waals surface area contributed by atoms with E-state index in [4.69, 9.17) is 4.74 Å². The Morgan fingerprint density at radius 2 is 1.27 bits per heavy atom. The first kappa shape index (κ1) is 23.2. The fourth-order valence-corrected chi connectivity index (χ4v) is 6.34. The largest absolute Gasteiger partial charge is 0.454 e. The molecule has 3 aliphatic carbocycles. The number of para-hydroxylation sites is 1. The van der Waals surface area contributed by atoms with E-state index in [1.54, 1.807) is 12.1 Å². The summed E-state index contributed by atoms with van der Waals surface area (Å²) in [6.45, 7) is 2.83. The molecule has 3 amide bonds. The maximum absolute atomic E-state index is 13.7. The number of ether oxygens (including phenoxy) is 1. The van der Waals surface area contributed by atoms with Crippen molar-refractivity contribution in [2.24, 2.45) is 11.8 Å². The Morgan fingerprint density at radius 1 is 0.811 bits per heavy atom. The Hall–Kier alpha value is -4.26. The predicted molar refractivity (Wildman–Crippen MR) is 136 cm³/mol. The molecule has 7 nitrogen and oxygen atoms in total. The van der Waals surface area contributed by atoms with Gasteiger partial charge in [0.05, 0.1) is 11.8 Å². The van der Waals surface area contributed by atoms with Crippen LogP contribution in [-0.2, 0) is 23.9 Å². The van der Waals surface area contributed by atoms with Crippen LogP contribution < -0.4 is 5.32 Å². The smallest absolute Gasteiger partial charge is 0.329 e. The van der Waals surface area contributed by atoms with Crippen molar-refractivity contribution in [1.82, 2.24) is 4.90 Å². The first-order valence-electron chi connectivity index (χ1n) is 12.4. The number of amides is 3. The van der Waals surface area contributed by atoms with Gasteiger partial charge in [-0.2, -0.15) is 0 Å². The number of hydrogen-bond acceptors (Lipinski definition) is 5. The number of hydrogen-bond donors (Lipinski definition) is 1. The number of esters is 1. The Labute approximate surface area is 214 Å². The second-order valence-electron chi connectivity index (χ2n) is 9.96. The molecular formula is C30H26N2O5. The number of carbonyl (C=O) groups is 4. The second-order valence-corrected chi connectivity index (χ2v) is 9.96. The predicted octanol–water partition coefficient (Wildman–Crippen LogP) is 3.76. The van der Waals surface area contributed by atoms with E-state index >= 15 is 0 Å². The molecule has 0 spiro atoms. The van der Waals surface area contributed by atoms with Crippen LogP contribution in [0.1, 0.15) is 46.6 Å². The van der Waals surface area contributed by atoms with E-state index < -0.39 is 36.4 Å². The fraction of sp³-hybridized carbons (Fsp3) is 0.267. The summed E-state index contributed by atoms with van der Waals surface area (Å²) in [4.78, 5) is 53.8. The summed E-state index contributed by atoms with van der Waals surface area (Å²) in [5, 5.41) is 2.71. The maximum atomic E-state index is 13.7. The van der Waals surface area contributed by atoms with Crippen molar-refractivity contribution < 1.29 is 23.9 Å². The van der Waals surface area contributed by atoms with E-state index in [1.807, 2.05) is 67.6 Å². The van der Waals surface area contributed by atoms with Gasteiger partial charge in [-0.25, -0.2) is 4.79 Å². The normalized spacial score (nSPS) is 23.7. The van der Waals surface area contributed by atoms with E-state index in [1.165, 1.54) is 6.92 Å². The molecule has 1 saturated heterocycles. The number of benzene rings is 3. The molecule has 1 N–H and O–H groups in total. The highest BCUT2D eigenvalue weighted by molar-refractivity contribution is 6.10. The number of likely N-dealkylation sites (tertiary alicyclic amines) is 1. The van der Waals surface area contributed by atoms with Gasteiger partial charge >= 0.3 is 5.97 Å². The third-order valence-electron chi connectivity index (χ3n) is 7.98. The van der Waals surface area contributed by atoms with Crippen molar-refractivity contribution in [3.63, 3.8) is 0 Å². The number of anilines is 1. The minimum Gasteiger partial charge on any atom is -0.454 e. The minimum absolute atomic E-state index is 0.244. The molecule has 1 heterocycles. The van der Waals surface area contributed by atoms with E-state index in [9.17, 15) is 19.2 Å². The quantitative estimate of drug-likeness (QED) is 0.431. The zero-order valence-electron chi connectivity index (χ0n) is 20.5. The average molecular weight is 495 g/mol. The Balaban J connectivity index is 1.22. The number of aryl methyl sites for hydroxylation is 1. The molecule has 2 bridgehead atoms.